The second-order valence-electron chi connectivity index (χ2n) is 4.45. The van der Waals surface area contributed by atoms with Crippen LogP contribution < -0.4 is 0 Å². The molecule has 16 heavy (non-hydrogen) atoms. The summed E-state index contributed by atoms with van der Waals surface area (Å²) in [5, 5.41) is 9.96. The number of H-pyrrole nitrogens is 1. The smallest absolute Gasteiger partial charge is 0.276 e. The number of piperazine rings is 1. The van der Waals surface area contributed by atoms with Gasteiger partial charge < -0.3 is 4.90 Å². The maximum atomic E-state index is 12.1. The fourth-order valence-corrected chi connectivity index (χ4v) is 2.03. The predicted octanol–water partition coefficient (Wildman–Crippen LogP) is -0.0307. The van der Waals surface area contributed by atoms with E-state index in [1.54, 1.807) is 0 Å². The lowest BCUT2D eigenvalue weighted by atomic mass is 10.1. The standard InChI is InChI=1S/C10H17N5O/c1-7-6-15(8(2)5-14(7)3)10(16)9-4-11-13-12-9/h4,7-8H,5-6H2,1-3H3,(H,11,12,13). The zero-order valence-electron chi connectivity index (χ0n) is 9.84. The van der Waals surface area contributed by atoms with E-state index >= 15 is 0 Å². The molecule has 1 aromatic heterocycles. The Bertz CT molecular complexity index is 363. The van der Waals surface area contributed by atoms with Crippen LogP contribution >= 0.6 is 0 Å². The molecule has 6 heteroatoms. The lowest BCUT2D eigenvalue weighted by Crippen LogP contribution is -2.56. The summed E-state index contributed by atoms with van der Waals surface area (Å²) >= 11 is 0. The molecule has 88 valence electrons. The van der Waals surface area contributed by atoms with Crippen LogP contribution in [0.4, 0.5) is 0 Å². The number of aromatic nitrogens is 3. The molecule has 6 nitrogen and oxygen atoms in total. The van der Waals surface area contributed by atoms with Gasteiger partial charge in [-0.05, 0) is 20.9 Å². The summed E-state index contributed by atoms with van der Waals surface area (Å²) in [6.45, 7) is 5.81. The fourth-order valence-electron chi connectivity index (χ4n) is 2.03. The van der Waals surface area contributed by atoms with Crippen molar-refractivity contribution in [1.82, 2.24) is 25.2 Å². The molecule has 1 amide bonds. The Morgan fingerprint density at radius 1 is 1.44 bits per heavy atom. The first kappa shape index (κ1) is 11.1. The molecule has 0 aromatic carbocycles. The molecule has 2 unspecified atom stereocenters. The fraction of sp³-hybridized carbons (Fsp3) is 0.700. The number of aromatic amines is 1. The first-order valence-electron chi connectivity index (χ1n) is 5.46. The molecular weight excluding hydrogens is 206 g/mol. The monoisotopic (exact) mass is 223 g/mol. The molecule has 1 N–H and O–H groups in total. The Morgan fingerprint density at radius 2 is 2.19 bits per heavy atom. The summed E-state index contributed by atoms with van der Waals surface area (Å²) in [7, 11) is 2.08. The normalized spacial score (nSPS) is 27.1. The molecule has 2 atom stereocenters. The van der Waals surface area contributed by atoms with Gasteiger partial charge in [0.05, 0.1) is 6.20 Å². The third-order valence-electron chi connectivity index (χ3n) is 3.19. The molecular formula is C10H17N5O. The van der Waals surface area contributed by atoms with Gasteiger partial charge in [0.1, 0.15) is 0 Å². The van der Waals surface area contributed by atoms with Crippen molar-refractivity contribution in [2.24, 2.45) is 0 Å². The van der Waals surface area contributed by atoms with E-state index in [9.17, 15) is 4.79 Å². The number of nitrogens with zero attached hydrogens (tertiary/aromatic N) is 4. The number of hydrogen-bond donors (Lipinski definition) is 1. The van der Waals surface area contributed by atoms with Gasteiger partial charge in [-0.15, -0.1) is 0 Å². The van der Waals surface area contributed by atoms with Crippen LogP contribution in [0.5, 0.6) is 0 Å². The van der Waals surface area contributed by atoms with Crippen molar-refractivity contribution in [2.75, 3.05) is 20.1 Å². The van der Waals surface area contributed by atoms with Crippen molar-refractivity contribution in [3.63, 3.8) is 0 Å². The van der Waals surface area contributed by atoms with Crippen LogP contribution in [0.2, 0.25) is 0 Å². The van der Waals surface area contributed by atoms with Crippen LogP contribution in [0.15, 0.2) is 6.20 Å². The summed E-state index contributed by atoms with van der Waals surface area (Å²) in [5.41, 5.74) is 0.392. The molecule has 1 fully saturated rings. The minimum atomic E-state index is -0.0406. The van der Waals surface area contributed by atoms with Crippen LogP contribution in [0, 0.1) is 0 Å². The van der Waals surface area contributed by atoms with Gasteiger partial charge in [-0.2, -0.15) is 15.4 Å². The molecule has 0 bridgehead atoms. The van der Waals surface area contributed by atoms with E-state index in [1.165, 1.54) is 6.20 Å². The van der Waals surface area contributed by atoms with E-state index in [0.29, 0.717) is 11.7 Å². The summed E-state index contributed by atoms with van der Waals surface area (Å²) in [5.74, 6) is -0.0406. The Balaban J connectivity index is 2.12. The first-order valence-corrected chi connectivity index (χ1v) is 5.46. The van der Waals surface area contributed by atoms with Crippen molar-refractivity contribution in [3.05, 3.63) is 11.9 Å². The van der Waals surface area contributed by atoms with E-state index in [4.69, 9.17) is 0 Å². The van der Waals surface area contributed by atoms with Crippen LogP contribution in [0.3, 0.4) is 0 Å². The molecule has 0 saturated carbocycles. The van der Waals surface area contributed by atoms with E-state index in [1.807, 2.05) is 4.90 Å². The first-order chi connectivity index (χ1) is 7.59. The van der Waals surface area contributed by atoms with Crippen molar-refractivity contribution in [2.45, 2.75) is 25.9 Å². The zero-order valence-corrected chi connectivity index (χ0v) is 9.84. The lowest BCUT2D eigenvalue weighted by Gasteiger charge is -2.42. The largest absolute Gasteiger partial charge is 0.332 e. The molecule has 0 spiro atoms. The van der Waals surface area contributed by atoms with E-state index in [0.717, 1.165) is 13.1 Å². The third-order valence-corrected chi connectivity index (χ3v) is 3.19. The third kappa shape index (κ3) is 1.92. The molecule has 0 radical (unpaired) electrons. The molecule has 2 rings (SSSR count). The Morgan fingerprint density at radius 3 is 2.81 bits per heavy atom. The van der Waals surface area contributed by atoms with E-state index in [2.05, 4.69) is 41.2 Å². The Hall–Kier alpha value is -1.43. The summed E-state index contributed by atoms with van der Waals surface area (Å²) in [6, 6.07) is 0.595. The number of likely N-dealkylation sites (N-methyl/N-ethyl adjacent to an activating group) is 1. The highest BCUT2D eigenvalue weighted by atomic mass is 16.2. The van der Waals surface area contributed by atoms with Crippen molar-refractivity contribution < 1.29 is 4.79 Å². The van der Waals surface area contributed by atoms with Gasteiger partial charge in [0, 0.05) is 25.2 Å². The summed E-state index contributed by atoms with van der Waals surface area (Å²) in [4.78, 5) is 16.2. The number of amides is 1. The van der Waals surface area contributed by atoms with Crippen molar-refractivity contribution in [3.8, 4) is 0 Å². The molecule has 1 aliphatic rings. The number of rotatable bonds is 1. The van der Waals surface area contributed by atoms with E-state index in [-0.39, 0.29) is 11.9 Å². The topological polar surface area (TPSA) is 65.1 Å². The molecule has 1 saturated heterocycles. The van der Waals surface area contributed by atoms with Gasteiger partial charge in [0.2, 0.25) is 0 Å². The molecule has 1 aromatic rings. The quantitative estimate of drug-likeness (QED) is 0.726. The van der Waals surface area contributed by atoms with Gasteiger partial charge in [0.15, 0.2) is 5.69 Å². The number of hydrogen-bond acceptors (Lipinski definition) is 4. The van der Waals surface area contributed by atoms with E-state index < -0.39 is 0 Å². The van der Waals surface area contributed by atoms with Crippen LogP contribution in [0.1, 0.15) is 24.3 Å². The highest BCUT2D eigenvalue weighted by molar-refractivity contribution is 5.92. The highest BCUT2D eigenvalue weighted by Crippen LogP contribution is 2.15. The lowest BCUT2D eigenvalue weighted by molar-refractivity contribution is 0.0392. The maximum absolute atomic E-state index is 12.1. The van der Waals surface area contributed by atoms with Crippen molar-refractivity contribution >= 4 is 5.91 Å². The van der Waals surface area contributed by atoms with Gasteiger partial charge in [-0.25, -0.2) is 0 Å². The van der Waals surface area contributed by atoms with Crippen LogP contribution in [-0.4, -0.2) is 63.3 Å². The number of carbonyl (C=O) groups excluding carboxylic acids is 1. The minimum Gasteiger partial charge on any atom is -0.332 e. The Labute approximate surface area is 94.6 Å². The molecule has 1 aliphatic heterocycles. The van der Waals surface area contributed by atoms with Gasteiger partial charge in [0.25, 0.3) is 5.91 Å². The average Bonchev–Trinajstić information content (AvgIpc) is 2.75. The van der Waals surface area contributed by atoms with Gasteiger partial charge in [-0.1, -0.05) is 0 Å². The highest BCUT2D eigenvalue weighted by Gasteiger charge is 2.31. The van der Waals surface area contributed by atoms with Crippen molar-refractivity contribution in [1.29, 1.82) is 0 Å². The van der Waals surface area contributed by atoms with Gasteiger partial charge >= 0.3 is 0 Å². The minimum absolute atomic E-state index is 0.0406. The van der Waals surface area contributed by atoms with Crippen LogP contribution in [-0.2, 0) is 0 Å². The molecule has 0 aliphatic carbocycles. The SMILES string of the molecule is CC1CN(C(=O)c2cn[nH]n2)C(C)CN1C. The average molecular weight is 223 g/mol. The number of nitrogens with one attached hydrogen (secondary N) is 1. The Kier molecular flexibility index (Phi) is 2.91. The number of carbonyl (C=O) groups is 1. The second kappa shape index (κ2) is 4.21. The second-order valence-corrected chi connectivity index (χ2v) is 4.45. The molecule has 2 heterocycles. The predicted molar refractivity (Wildman–Crippen MR) is 59.0 cm³/mol. The zero-order chi connectivity index (χ0) is 11.7. The van der Waals surface area contributed by atoms with Gasteiger partial charge in [-0.3, -0.25) is 9.69 Å². The summed E-state index contributed by atoms with van der Waals surface area (Å²) < 4.78 is 0. The summed E-state index contributed by atoms with van der Waals surface area (Å²) in [6.07, 6.45) is 1.47. The maximum Gasteiger partial charge on any atom is 0.276 e. The van der Waals surface area contributed by atoms with Crippen LogP contribution in [0.25, 0.3) is 0 Å².